The molecular formula is C13H25ClN4O2. The molecule has 2 saturated heterocycles. The molecule has 2 rings (SSSR count). The van der Waals surface area contributed by atoms with E-state index in [0.29, 0.717) is 6.54 Å². The Hall–Kier alpha value is -0.850. The molecule has 0 aromatic heterocycles. The number of amides is 2. The van der Waals surface area contributed by atoms with Crippen LogP contribution in [0, 0.1) is 5.92 Å². The molecule has 20 heavy (non-hydrogen) atoms. The van der Waals surface area contributed by atoms with E-state index in [1.807, 2.05) is 4.90 Å². The van der Waals surface area contributed by atoms with Crippen molar-refractivity contribution in [1.82, 2.24) is 20.4 Å². The predicted molar refractivity (Wildman–Crippen MR) is 79.9 cm³/mol. The standard InChI is InChI=1S/C13H24N4O2.ClH/c1-14-12(18)10-16-5-7-17(8-6-16)13(19)11-3-2-4-15-9-11;/h11,15H,2-10H2,1H3,(H,14,18);1H/t11-;/m1./s1. The van der Waals surface area contributed by atoms with Gasteiger partial charge in [0.25, 0.3) is 0 Å². The molecule has 2 aliphatic heterocycles. The summed E-state index contributed by atoms with van der Waals surface area (Å²) >= 11 is 0. The Kier molecular flexibility index (Phi) is 7.26. The van der Waals surface area contributed by atoms with E-state index in [1.54, 1.807) is 7.05 Å². The number of likely N-dealkylation sites (N-methyl/N-ethyl adjacent to an activating group) is 1. The zero-order valence-electron chi connectivity index (χ0n) is 12.1. The Morgan fingerprint density at radius 3 is 2.50 bits per heavy atom. The number of carbonyl (C=O) groups is 2. The van der Waals surface area contributed by atoms with Gasteiger partial charge in [-0.3, -0.25) is 14.5 Å². The van der Waals surface area contributed by atoms with Gasteiger partial charge in [0.15, 0.2) is 0 Å². The summed E-state index contributed by atoms with van der Waals surface area (Å²) in [4.78, 5) is 27.7. The van der Waals surface area contributed by atoms with Crippen LogP contribution in [0.25, 0.3) is 0 Å². The fourth-order valence-corrected chi connectivity index (χ4v) is 2.73. The number of hydrogen-bond donors (Lipinski definition) is 2. The summed E-state index contributed by atoms with van der Waals surface area (Å²) in [5.74, 6) is 0.474. The average molecular weight is 305 g/mol. The fourth-order valence-electron chi connectivity index (χ4n) is 2.73. The summed E-state index contributed by atoms with van der Waals surface area (Å²) in [5, 5.41) is 5.92. The molecule has 2 N–H and O–H groups in total. The molecule has 0 aromatic rings. The summed E-state index contributed by atoms with van der Waals surface area (Å²) in [5.41, 5.74) is 0. The van der Waals surface area contributed by atoms with Gasteiger partial charge in [0.05, 0.1) is 12.5 Å². The van der Waals surface area contributed by atoms with Gasteiger partial charge < -0.3 is 15.5 Å². The van der Waals surface area contributed by atoms with Crippen LogP contribution in [0.15, 0.2) is 0 Å². The van der Waals surface area contributed by atoms with Crippen LogP contribution in [0.1, 0.15) is 12.8 Å². The van der Waals surface area contributed by atoms with Gasteiger partial charge in [-0.05, 0) is 19.4 Å². The van der Waals surface area contributed by atoms with Crippen molar-refractivity contribution in [2.45, 2.75) is 12.8 Å². The lowest BCUT2D eigenvalue weighted by Gasteiger charge is -2.36. The van der Waals surface area contributed by atoms with E-state index in [9.17, 15) is 9.59 Å². The van der Waals surface area contributed by atoms with Gasteiger partial charge in [0, 0.05) is 39.8 Å². The summed E-state index contributed by atoms with van der Waals surface area (Å²) in [6, 6.07) is 0. The Bertz CT molecular complexity index is 326. The van der Waals surface area contributed by atoms with E-state index in [1.165, 1.54) is 0 Å². The first-order valence-electron chi connectivity index (χ1n) is 7.13. The van der Waals surface area contributed by atoms with E-state index >= 15 is 0 Å². The molecule has 2 aliphatic rings. The quantitative estimate of drug-likeness (QED) is 0.724. The van der Waals surface area contributed by atoms with Crippen molar-refractivity contribution in [3.8, 4) is 0 Å². The third-order valence-corrected chi connectivity index (χ3v) is 3.98. The molecule has 2 amide bonds. The van der Waals surface area contributed by atoms with E-state index in [0.717, 1.165) is 52.1 Å². The second-order valence-corrected chi connectivity index (χ2v) is 5.32. The van der Waals surface area contributed by atoms with Crippen LogP contribution in [0.3, 0.4) is 0 Å². The molecule has 2 heterocycles. The van der Waals surface area contributed by atoms with E-state index in [2.05, 4.69) is 15.5 Å². The topological polar surface area (TPSA) is 64.7 Å². The van der Waals surface area contributed by atoms with Crippen molar-refractivity contribution in [2.75, 3.05) is 52.9 Å². The van der Waals surface area contributed by atoms with Gasteiger partial charge in [-0.15, -0.1) is 12.4 Å². The van der Waals surface area contributed by atoms with Crippen LogP contribution in [0.4, 0.5) is 0 Å². The maximum absolute atomic E-state index is 12.3. The second kappa shape index (κ2) is 8.44. The lowest BCUT2D eigenvalue weighted by atomic mass is 9.98. The molecule has 6 nitrogen and oxygen atoms in total. The number of nitrogens with one attached hydrogen (secondary N) is 2. The van der Waals surface area contributed by atoms with Crippen molar-refractivity contribution in [2.24, 2.45) is 5.92 Å². The average Bonchev–Trinajstić information content (AvgIpc) is 2.48. The van der Waals surface area contributed by atoms with Gasteiger partial charge in [0.2, 0.25) is 11.8 Å². The summed E-state index contributed by atoms with van der Waals surface area (Å²) in [6.07, 6.45) is 2.09. The third kappa shape index (κ3) is 4.61. The molecule has 0 aliphatic carbocycles. The van der Waals surface area contributed by atoms with Crippen LogP contribution in [-0.4, -0.2) is 74.5 Å². The minimum atomic E-state index is 0. The van der Waals surface area contributed by atoms with Gasteiger partial charge in [-0.1, -0.05) is 0 Å². The number of rotatable bonds is 3. The van der Waals surface area contributed by atoms with Gasteiger partial charge in [0.1, 0.15) is 0 Å². The van der Waals surface area contributed by atoms with E-state index in [-0.39, 0.29) is 30.1 Å². The summed E-state index contributed by atoms with van der Waals surface area (Å²) in [7, 11) is 1.65. The molecule has 7 heteroatoms. The number of nitrogens with zero attached hydrogens (tertiary/aromatic N) is 2. The maximum atomic E-state index is 12.3. The maximum Gasteiger partial charge on any atom is 0.233 e. The molecule has 0 radical (unpaired) electrons. The highest BCUT2D eigenvalue weighted by Gasteiger charge is 2.28. The van der Waals surface area contributed by atoms with Crippen LogP contribution in [-0.2, 0) is 9.59 Å². The SMILES string of the molecule is CNC(=O)CN1CCN(C(=O)[C@@H]2CCCNC2)CC1.Cl. The fraction of sp³-hybridized carbons (Fsp3) is 0.846. The van der Waals surface area contributed by atoms with Crippen molar-refractivity contribution in [1.29, 1.82) is 0 Å². The Morgan fingerprint density at radius 2 is 1.95 bits per heavy atom. The highest BCUT2D eigenvalue weighted by Crippen LogP contribution is 2.14. The Labute approximate surface area is 126 Å². The number of piperidine rings is 1. The number of carbonyl (C=O) groups excluding carboxylic acids is 2. The first-order valence-corrected chi connectivity index (χ1v) is 7.13. The largest absolute Gasteiger partial charge is 0.358 e. The zero-order valence-corrected chi connectivity index (χ0v) is 12.9. The van der Waals surface area contributed by atoms with Crippen LogP contribution < -0.4 is 10.6 Å². The molecular weight excluding hydrogens is 280 g/mol. The number of halogens is 1. The van der Waals surface area contributed by atoms with Crippen molar-refractivity contribution in [3.63, 3.8) is 0 Å². The Morgan fingerprint density at radius 1 is 1.25 bits per heavy atom. The normalized spacial score (nSPS) is 23.9. The van der Waals surface area contributed by atoms with Gasteiger partial charge in [-0.25, -0.2) is 0 Å². The van der Waals surface area contributed by atoms with Crippen molar-refractivity contribution >= 4 is 24.2 Å². The van der Waals surface area contributed by atoms with Crippen LogP contribution in [0.2, 0.25) is 0 Å². The molecule has 0 bridgehead atoms. The highest BCUT2D eigenvalue weighted by atomic mass is 35.5. The summed E-state index contributed by atoms with van der Waals surface area (Å²) in [6.45, 7) is 5.35. The molecule has 2 fully saturated rings. The van der Waals surface area contributed by atoms with Crippen molar-refractivity contribution in [3.05, 3.63) is 0 Å². The lowest BCUT2D eigenvalue weighted by Crippen LogP contribution is -2.53. The molecule has 116 valence electrons. The highest BCUT2D eigenvalue weighted by molar-refractivity contribution is 5.85. The van der Waals surface area contributed by atoms with Crippen LogP contribution >= 0.6 is 12.4 Å². The molecule has 1 atom stereocenters. The third-order valence-electron chi connectivity index (χ3n) is 3.98. The first-order chi connectivity index (χ1) is 9.20. The van der Waals surface area contributed by atoms with E-state index in [4.69, 9.17) is 0 Å². The molecule has 0 saturated carbocycles. The lowest BCUT2D eigenvalue weighted by molar-refractivity contribution is -0.138. The molecule has 0 unspecified atom stereocenters. The van der Waals surface area contributed by atoms with Crippen LogP contribution in [0.5, 0.6) is 0 Å². The minimum absolute atomic E-state index is 0. The predicted octanol–water partition coefficient (Wildman–Crippen LogP) is -0.702. The number of piperazine rings is 1. The van der Waals surface area contributed by atoms with Gasteiger partial charge >= 0.3 is 0 Å². The monoisotopic (exact) mass is 304 g/mol. The zero-order chi connectivity index (χ0) is 13.7. The Balaban J connectivity index is 0.00000200. The van der Waals surface area contributed by atoms with Crippen molar-refractivity contribution < 1.29 is 9.59 Å². The molecule has 0 aromatic carbocycles. The second-order valence-electron chi connectivity index (χ2n) is 5.32. The number of hydrogen-bond acceptors (Lipinski definition) is 4. The van der Waals surface area contributed by atoms with Gasteiger partial charge in [-0.2, -0.15) is 0 Å². The smallest absolute Gasteiger partial charge is 0.233 e. The summed E-state index contributed by atoms with van der Waals surface area (Å²) < 4.78 is 0. The molecule has 0 spiro atoms. The minimum Gasteiger partial charge on any atom is -0.358 e. The van der Waals surface area contributed by atoms with E-state index < -0.39 is 0 Å². The first kappa shape index (κ1) is 17.2.